The first-order chi connectivity index (χ1) is 9.36. The molecule has 1 N–H and O–H groups in total. The van der Waals surface area contributed by atoms with Crippen LogP contribution >= 0.6 is 0 Å². The first-order valence-corrected chi connectivity index (χ1v) is 8.51. The quantitative estimate of drug-likeness (QED) is 0.833. The molecule has 0 unspecified atom stereocenters. The van der Waals surface area contributed by atoms with E-state index < -0.39 is 10.0 Å². The van der Waals surface area contributed by atoms with Gasteiger partial charge in [0.1, 0.15) is 0 Å². The highest BCUT2D eigenvalue weighted by molar-refractivity contribution is 7.92. The van der Waals surface area contributed by atoms with Gasteiger partial charge in [0.25, 0.3) is 0 Å². The van der Waals surface area contributed by atoms with Crippen LogP contribution in [0.3, 0.4) is 0 Å². The standard InChI is InChI=1S/C14H22N2O3S/c1-4-10-15-14(17)9-11-16(20(3,18)19)13-8-6-5-7-12(13)2/h5-8H,4,9-11H2,1-3H3,(H,15,17). The average Bonchev–Trinajstić information content (AvgIpc) is 2.37. The third kappa shape index (κ3) is 4.85. The maximum atomic E-state index is 11.9. The third-order valence-electron chi connectivity index (χ3n) is 2.90. The first-order valence-electron chi connectivity index (χ1n) is 6.66. The maximum Gasteiger partial charge on any atom is 0.232 e. The van der Waals surface area contributed by atoms with Gasteiger partial charge in [0, 0.05) is 19.5 Å². The molecule has 0 aliphatic heterocycles. The van der Waals surface area contributed by atoms with E-state index in [1.807, 2.05) is 26.0 Å². The number of amides is 1. The minimum absolute atomic E-state index is 0.130. The van der Waals surface area contributed by atoms with E-state index in [0.717, 1.165) is 18.2 Å². The van der Waals surface area contributed by atoms with E-state index in [9.17, 15) is 13.2 Å². The van der Waals surface area contributed by atoms with Crippen molar-refractivity contribution in [2.45, 2.75) is 26.7 Å². The second kappa shape index (κ2) is 7.28. The molecule has 0 saturated carbocycles. The third-order valence-corrected chi connectivity index (χ3v) is 4.08. The maximum absolute atomic E-state index is 11.9. The topological polar surface area (TPSA) is 66.5 Å². The molecule has 0 aromatic heterocycles. The second-order valence-electron chi connectivity index (χ2n) is 4.72. The Kier molecular flexibility index (Phi) is 6.01. The highest BCUT2D eigenvalue weighted by atomic mass is 32.2. The lowest BCUT2D eigenvalue weighted by molar-refractivity contribution is -0.120. The molecule has 0 radical (unpaired) electrons. The smallest absolute Gasteiger partial charge is 0.232 e. The second-order valence-corrected chi connectivity index (χ2v) is 6.63. The Labute approximate surface area is 121 Å². The highest BCUT2D eigenvalue weighted by Crippen LogP contribution is 2.22. The Bertz CT molecular complexity index is 555. The molecule has 1 aromatic rings. The molecule has 0 saturated heterocycles. The molecule has 112 valence electrons. The van der Waals surface area contributed by atoms with Gasteiger partial charge in [-0.2, -0.15) is 0 Å². The number of carbonyl (C=O) groups excluding carboxylic acids is 1. The predicted molar refractivity (Wildman–Crippen MR) is 81.3 cm³/mol. The molecule has 0 bridgehead atoms. The molecular weight excluding hydrogens is 276 g/mol. The number of hydrogen-bond acceptors (Lipinski definition) is 3. The number of rotatable bonds is 7. The fourth-order valence-electron chi connectivity index (χ4n) is 1.86. The number of nitrogens with zero attached hydrogens (tertiary/aromatic N) is 1. The van der Waals surface area contributed by atoms with Gasteiger partial charge in [0.05, 0.1) is 11.9 Å². The van der Waals surface area contributed by atoms with Crippen molar-refractivity contribution >= 4 is 21.6 Å². The van der Waals surface area contributed by atoms with E-state index in [1.165, 1.54) is 4.31 Å². The number of aryl methyl sites for hydroxylation is 1. The van der Waals surface area contributed by atoms with Crippen LogP contribution in [0.2, 0.25) is 0 Å². The van der Waals surface area contributed by atoms with Crippen LogP contribution in [0.25, 0.3) is 0 Å². The minimum atomic E-state index is -3.40. The molecule has 1 amide bonds. The Balaban J connectivity index is 2.83. The van der Waals surface area contributed by atoms with Gasteiger partial charge in [-0.15, -0.1) is 0 Å². The van der Waals surface area contributed by atoms with Crippen LogP contribution in [0.15, 0.2) is 24.3 Å². The van der Waals surface area contributed by atoms with E-state index in [0.29, 0.717) is 12.2 Å². The summed E-state index contributed by atoms with van der Waals surface area (Å²) in [4.78, 5) is 11.6. The van der Waals surface area contributed by atoms with Crippen molar-refractivity contribution in [3.63, 3.8) is 0 Å². The average molecular weight is 298 g/mol. The normalized spacial score (nSPS) is 11.2. The van der Waals surface area contributed by atoms with E-state index >= 15 is 0 Å². The van der Waals surface area contributed by atoms with Crippen LogP contribution in [-0.4, -0.2) is 33.7 Å². The van der Waals surface area contributed by atoms with Crippen molar-refractivity contribution in [1.82, 2.24) is 5.32 Å². The molecule has 0 heterocycles. The van der Waals surface area contributed by atoms with Gasteiger partial charge < -0.3 is 5.32 Å². The van der Waals surface area contributed by atoms with Gasteiger partial charge in [0.15, 0.2) is 0 Å². The van der Waals surface area contributed by atoms with E-state index in [4.69, 9.17) is 0 Å². The Morgan fingerprint density at radius 3 is 2.50 bits per heavy atom. The SMILES string of the molecule is CCCNC(=O)CCN(c1ccccc1C)S(C)(=O)=O. The number of carbonyl (C=O) groups is 1. The lowest BCUT2D eigenvalue weighted by atomic mass is 10.2. The monoisotopic (exact) mass is 298 g/mol. The fourth-order valence-corrected chi connectivity index (χ4v) is 2.85. The molecule has 6 heteroatoms. The minimum Gasteiger partial charge on any atom is -0.356 e. The van der Waals surface area contributed by atoms with Crippen molar-refractivity contribution in [3.8, 4) is 0 Å². The molecule has 0 aliphatic rings. The summed E-state index contributed by atoms with van der Waals surface area (Å²) in [5.41, 5.74) is 1.49. The molecule has 0 spiro atoms. The largest absolute Gasteiger partial charge is 0.356 e. The molecule has 0 atom stereocenters. The summed E-state index contributed by atoms with van der Waals surface area (Å²) in [5, 5.41) is 2.74. The van der Waals surface area contributed by atoms with Gasteiger partial charge in [-0.1, -0.05) is 25.1 Å². The van der Waals surface area contributed by atoms with Crippen molar-refractivity contribution in [1.29, 1.82) is 0 Å². The molecule has 20 heavy (non-hydrogen) atoms. The summed E-state index contributed by atoms with van der Waals surface area (Å²) in [7, 11) is -3.40. The number of sulfonamides is 1. The van der Waals surface area contributed by atoms with Crippen LogP contribution in [0, 0.1) is 6.92 Å². The molecular formula is C14H22N2O3S. The van der Waals surface area contributed by atoms with Crippen LogP contribution in [0.5, 0.6) is 0 Å². The number of nitrogens with one attached hydrogen (secondary N) is 1. The van der Waals surface area contributed by atoms with Gasteiger partial charge >= 0.3 is 0 Å². The number of anilines is 1. The molecule has 0 aliphatic carbocycles. The molecule has 1 rings (SSSR count). The zero-order valence-corrected chi connectivity index (χ0v) is 13.0. The zero-order chi connectivity index (χ0) is 15.2. The van der Waals surface area contributed by atoms with Crippen molar-refractivity contribution in [3.05, 3.63) is 29.8 Å². The predicted octanol–water partition coefficient (Wildman–Crippen LogP) is 1.68. The van der Waals surface area contributed by atoms with E-state index in [2.05, 4.69) is 5.32 Å². The Hall–Kier alpha value is -1.56. The number of benzene rings is 1. The summed E-state index contributed by atoms with van der Waals surface area (Å²) < 4.78 is 25.1. The Morgan fingerprint density at radius 2 is 1.95 bits per heavy atom. The van der Waals surface area contributed by atoms with Crippen molar-refractivity contribution in [2.24, 2.45) is 0 Å². The van der Waals surface area contributed by atoms with Crippen LogP contribution < -0.4 is 9.62 Å². The molecule has 0 fully saturated rings. The molecule has 5 nitrogen and oxygen atoms in total. The van der Waals surface area contributed by atoms with Crippen LogP contribution in [-0.2, 0) is 14.8 Å². The summed E-state index contributed by atoms with van der Waals surface area (Å²) in [5.74, 6) is -0.130. The van der Waals surface area contributed by atoms with E-state index in [1.54, 1.807) is 12.1 Å². The first kappa shape index (κ1) is 16.5. The van der Waals surface area contributed by atoms with Crippen LogP contribution in [0.1, 0.15) is 25.3 Å². The lowest BCUT2D eigenvalue weighted by Gasteiger charge is -2.23. The summed E-state index contributed by atoms with van der Waals surface area (Å²) >= 11 is 0. The van der Waals surface area contributed by atoms with Gasteiger partial charge in [-0.3, -0.25) is 9.10 Å². The fraction of sp³-hybridized carbons (Fsp3) is 0.500. The van der Waals surface area contributed by atoms with Crippen LogP contribution in [0.4, 0.5) is 5.69 Å². The van der Waals surface area contributed by atoms with Crippen molar-refractivity contribution < 1.29 is 13.2 Å². The number of para-hydroxylation sites is 1. The van der Waals surface area contributed by atoms with Gasteiger partial charge in [0.2, 0.25) is 15.9 Å². The Morgan fingerprint density at radius 1 is 1.30 bits per heavy atom. The van der Waals surface area contributed by atoms with Crippen molar-refractivity contribution in [2.75, 3.05) is 23.7 Å². The van der Waals surface area contributed by atoms with Gasteiger partial charge in [-0.05, 0) is 25.0 Å². The highest BCUT2D eigenvalue weighted by Gasteiger charge is 2.19. The number of hydrogen-bond donors (Lipinski definition) is 1. The summed E-state index contributed by atoms with van der Waals surface area (Å²) in [6, 6.07) is 7.25. The van der Waals surface area contributed by atoms with Gasteiger partial charge in [-0.25, -0.2) is 8.42 Å². The molecule has 1 aromatic carbocycles. The lowest BCUT2D eigenvalue weighted by Crippen LogP contribution is -2.35. The van der Waals surface area contributed by atoms with E-state index in [-0.39, 0.29) is 18.9 Å². The summed E-state index contributed by atoms with van der Waals surface area (Å²) in [6.45, 7) is 4.59. The zero-order valence-electron chi connectivity index (χ0n) is 12.2. The summed E-state index contributed by atoms with van der Waals surface area (Å²) in [6.07, 6.45) is 2.17.